The van der Waals surface area contributed by atoms with Crippen LogP contribution in [0.15, 0.2) is 84.0 Å². The van der Waals surface area contributed by atoms with Gasteiger partial charge >= 0.3 is 0 Å². The summed E-state index contributed by atoms with van der Waals surface area (Å²) in [5.41, 5.74) is 3.55. The topological polar surface area (TPSA) is 67.9 Å². The lowest BCUT2D eigenvalue weighted by Gasteiger charge is -2.14. The lowest BCUT2D eigenvalue weighted by Crippen LogP contribution is -2.20. The summed E-state index contributed by atoms with van der Waals surface area (Å²) in [6.45, 7) is 0.648. The van der Waals surface area contributed by atoms with Gasteiger partial charge in [-0.1, -0.05) is 29.8 Å². The first kappa shape index (κ1) is 21.0. The van der Waals surface area contributed by atoms with Crippen molar-refractivity contribution in [3.05, 3.63) is 100 Å². The number of rotatable bonds is 6. The molecular formula is C27H20ClN3O2. The van der Waals surface area contributed by atoms with Crippen LogP contribution in [-0.4, -0.2) is 16.2 Å². The van der Waals surface area contributed by atoms with Crippen LogP contribution >= 0.6 is 11.6 Å². The molecule has 6 heteroatoms. The van der Waals surface area contributed by atoms with Crippen LogP contribution in [0.25, 0.3) is 27.9 Å². The van der Waals surface area contributed by atoms with Gasteiger partial charge in [-0.3, -0.25) is 14.3 Å². The molecule has 1 fully saturated rings. The van der Waals surface area contributed by atoms with Gasteiger partial charge in [0.15, 0.2) is 0 Å². The van der Waals surface area contributed by atoms with Crippen LogP contribution in [0.5, 0.6) is 5.75 Å². The number of hydrogen-bond donors (Lipinski definition) is 0. The summed E-state index contributed by atoms with van der Waals surface area (Å²) in [6.07, 6.45) is 7.40. The highest BCUT2D eigenvalue weighted by atomic mass is 35.5. The van der Waals surface area contributed by atoms with Crippen LogP contribution in [-0.2, 0) is 0 Å². The molecule has 0 radical (unpaired) electrons. The molecule has 2 aromatic carbocycles. The number of hydrogen-bond acceptors (Lipinski definition) is 4. The van der Waals surface area contributed by atoms with Crippen molar-refractivity contribution in [1.82, 2.24) is 9.55 Å². The summed E-state index contributed by atoms with van der Waals surface area (Å²) in [4.78, 5) is 17.8. The Labute approximate surface area is 196 Å². The predicted octanol–water partition coefficient (Wildman–Crippen LogP) is 5.88. The number of nitriles is 1. The maximum absolute atomic E-state index is 13.6. The third kappa shape index (κ3) is 4.52. The first-order valence-electron chi connectivity index (χ1n) is 10.7. The monoisotopic (exact) mass is 453 g/mol. The zero-order valence-electron chi connectivity index (χ0n) is 17.7. The molecule has 2 aromatic heterocycles. The highest BCUT2D eigenvalue weighted by Gasteiger charge is 2.22. The van der Waals surface area contributed by atoms with E-state index in [2.05, 4.69) is 11.1 Å². The van der Waals surface area contributed by atoms with Gasteiger partial charge in [0, 0.05) is 34.1 Å². The zero-order valence-corrected chi connectivity index (χ0v) is 18.5. The number of pyridine rings is 2. The molecule has 1 aliphatic carbocycles. The van der Waals surface area contributed by atoms with Crippen LogP contribution in [0.3, 0.4) is 0 Å². The van der Waals surface area contributed by atoms with Gasteiger partial charge < -0.3 is 4.74 Å². The van der Waals surface area contributed by atoms with Crippen LogP contribution in [0.2, 0.25) is 5.02 Å². The van der Waals surface area contributed by atoms with Crippen molar-refractivity contribution in [2.45, 2.75) is 12.8 Å². The second-order valence-corrected chi connectivity index (χ2v) is 8.55. The fourth-order valence-electron chi connectivity index (χ4n) is 3.76. The van der Waals surface area contributed by atoms with Crippen molar-refractivity contribution < 1.29 is 4.74 Å². The van der Waals surface area contributed by atoms with E-state index < -0.39 is 0 Å². The third-order valence-corrected chi connectivity index (χ3v) is 5.88. The fraction of sp³-hybridized carbons (Fsp3) is 0.148. The van der Waals surface area contributed by atoms with Crippen LogP contribution in [0, 0.1) is 17.2 Å². The van der Waals surface area contributed by atoms with E-state index in [0.29, 0.717) is 45.7 Å². The molecule has 0 unspecified atom stereocenters. The van der Waals surface area contributed by atoms with Gasteiger partial charge in [0.1, 0.15) is 5.75 Å². The smallest absolute Gasteiger partial charge is 0.263 e. The average molecular weight is 454 g/mol. The molecule has 162 valence electrons. The standard InChI is InChI=1S/C27H20ClN3O2/c28-22-10-20(11-24(13-22)33-17-18-7-8-18)26-12-21(25-6-2-1-4-19(25)14-29)16-31(27(26)32)23-5-3-9-30-15-23/h1-6,9-13,15-16,18H,7-8,17H2. The molecule has 5 nitrogen and oxygen atoms in total. The number of ether oxygens (including phenoxy) is 1. The quantitative estimate of drug-likeness (QED) is 0.365. The minimum Gasteiger partial charge on any atom is -0.493 e. The second-order valence-electron chi connectivity index (χ2n) is 8.12. The molecule has 5 rings (SSSR count). The lowest BCUT2D eigenvalue weighted by atomic mass is 9.98. The van der Waals surface area contributed by atoms with Crippen molar-refractivity contribution in [3.8, 4) is 39.8 Å². The molecule has 0 bridgehead atoms. The average Bonchev–Trinajstić information content (AvgIpc) is 3.68. The van der Waals surface area contributed by atoms with Crippen molar-refractivity contribution in [2.75, 3.05) is 6.61 Å². The summed E-state index contributed by atoms with van der Waals surface area (Å²) in [5, 5.41) is 10.1. The van der Waals surface area contributed by atoms with Crippen molar-refractivity contribution >= 4 is 11.6 Å². The molecule has 4 aromatic rings. The molecule has 0 N–H and O–H groups in total. The summed E-state index contributed by atoms with van der Waals surface area (Å²) >= 11 is 6.40. The summed E-state index contributed by atoms with van der Waals surface area (Å²) in [5.74, 6) is 1.24. The molecular weight excluding hydrogens is 434 g/mol. The normalized spacial score (nSPS) is 12.8. The second kappa shape index (κ2) is 8.93. The van der Waals surface area contributed by atoms with Crippen molar-refractivity contribution in [3.63, 3.8) is 0 Å². The Balaban J connectivity index is 1.70. The largest absolute Gasteiger partial charge is 0.493 e. The Morgan fingerprint density at radius 1 is 1.06 bits per heavy atom. The van der Waals surface area contributed by atoms with Gasteiger partial charge in [0.25, 0.3) is 5.56 Å². The van der Waals surface area contributed by atoms with E-state index in [9.17, 15) is 10.1 Å². The van der Waals surface area contributed by atoms with Crippen LogP contribution in [0.1, 0.15) is 18.4 Å². The summed E-state index contributed by atoms with van der Waals surface area (Å²) in [7, 11) is 0. The highest BCUT2D eigenvalue weighted by Crippen LogP contribution is 2.33. The molecule has 33 heavy (non-hydrogen) atoms. The maximum atomic E-state index is 13.6. The van der Waals surface area contributed by atoms with E-state index in [1.807, 2.05) is 36.4 Å². The van der Waals surface area contributed by atoms with Gasteiger partial charge in [-0.05, 0) is 66.8 Å². The van der Waals surface area contributed by atoms with Gasteiger partial charge in [-0.25, -0.2) is 0 Å². The number of halogens is 1. The van der Waals surface area contributed by atoms with E-state index in [-0.39, 0.29) is 5.56 Å². The third-order valence-electron chi connectivity index (χ3n) is 5.66. The zero-order chi connectivity index (χ0) is 22.8. The first-order valence-corrected chi connectivity index (χ1v) is 11.1. The fourth-order valence-corrected chi connectivity index (χ4v) is 3.98. The minimum absolute atomic E-state index is 0.211. The SMILES string of the molecule is N#Cc1ccccc1-c1cc(-c2cc(Cl)cc(OCC3CC3)c2)c(=O)n(-c2cccnc2)c1. The summed E-state index contributed by atoms with van der Waals surface area (Å²) in [6, 6.07) is 20.3. The van der Waals surface area contributed by atoms with Gasteiger partial charge in [0.2, 0.25) is 0 Å². The Morgan fingerprint density at radius 3 is 2.67 bits per heavy atom. The Morgan fingerprint density at radius 2 is 1.91 bits per heavy atom. The van der Waals surface area contributed by atoms with Gasteiger partial charge in [0.05, 0.1) is 30.1 Å². The van der Waals surface area contributed by atoms with E-state index >= 15 is 0 Å². The molecule has 1 saturated carbocycles. The number of nitrogens with zero attached hydrogens (tertiary/aromatic N) is 3. The van der Waals surface area contributed by atoms with E-state index in [1.54, 1.807) is 47.4 Å². The molecule has 0 aliphatic heterocycles. The van der Waals surface area contributed by atoms with E-state index in [0.717, 1.165) is 11.1 Å². The Bertz CT molecular complexity index is 1420. The molecule has 0 saturated heterocycles. The maximum Gasteiger partial charge on any atom is 0.263 e. The number of benzene rings is 2. The van der Waals surface area contributed by atoms with Gasteiger partial charge in [-0.2, -0.15) is 5.26 Å². The van der Waals surface area contributed by atoms with E-state index in [4.69, 9.17) is 16.3 Å². The van der Waals surface area contributed by atoms with Crippen LogP contribution < -0.4 is 10.3 Å². The molecule has 0 spiro atoms. The summed E-state index contributed by atoms with van der Waals surface area (Å²) < 4.78 is 7.49. The first-order chi connectivity index (χ1) is 16.1. The van der Waals surface area contributed by atoms with Crippen LogP contribution in [0.4, 0.5) is 0 Å². The van der Waals surface area contributed by atoms with Gasteiger partial charge in [-0.15, -0.1) is 0 Å². The highest BCUT2D eigenvalue weighted by molar-refractivity contribution is 6.31. The molecule has 2 heterocycles. The lowest BCUT2D eigenvalue weighted by molar-refractivity contribution is 0.300. The van der Waals surface area contributed by atoms with Crippen molar-refractivity contribution in [1.29, 1.82) is 5.26 Å². The molecule has 0 atom stereocenters. The predicted molar refractivity (Wildman–Crippen MR) is 129 cm³/mol. The minimum atomic E-state index is -0.211. The van der Waals surface area contributed by atoms with E-state index in [1.165, 1.54) is 12.8 Å². The van der Waals surface area contributed by atoms with Crippen molar-refractivity contribution in [2.24, 2.45) is 5.92 Å². The molecule has 1 aliphatic rings. The Hall–Kier alpha value is -3.88. The Kier molecular flexibility index (Phi) is 5.68. The number of aromatic nitrogens is 2. The molecule has 0 amide bonds.